The molecule has 5 aliphatic heterocycles. The van der Waals surface area contributed by atoms with Crippen LogP contribution in [-0.4, -0.2) is 79.6 Å². The first-order valence-electron chi connectivity index (χ1n) is 14.3. The number of halogens is 1. The fourth-order valence-electron chi connectivity index (χ4n) is 7.72. The fraction of sp³-hybridized carbons (Fsp3) is 0.600. The van der Waals surface area contributed by atoms with E-state index in [1.807, 2.05) is 12.1 Å². The lowest BCUT2D eigenvalue weighted by molar-refractivity contribution is -0.0470. The number of nitrogen functional groups attached to an aromatic ring is 1. The molecule has 5 heterocycles. The fourth-order valence-corrected chi connectivity index (χ4v) is 7.72. The van der Waals surface area contributed by atoms with Gasteiger partial charge in [0.25, 0.3) is 0 Å². The molecule has 0 bridgehead atoms. The van der Waals surface area contributed by atoms with Gasteiger partial charge in [-0.2, -0.15) is 5.26 Å². The lowest BCUT2D eigenvalue weighted by Crippen LogP contribution is -2.49. The molecular weight excluding hydrogens is 497 g/mol. The summed E-state index contributed by atoms with van der Waals surface area (Å²) in [7, 11) is 0. The van der Waals surface area contributed by atoms with Crippen molar-refractivity contribution >= 4 is 11.6 Å². The molecule has 206 valence electrons. The molecule has 0 radical (unpaired) electrons. The van der Waals surface area contributed by atoms with Crippen molar-refractivity contribution in [2.75, 3.05) is 51.9 Å². The molecule has 0 aromatic heterocycles. The smallest absolute Gasteiger partial charge is 0.190 e. The standard InChI is InChI=1S/C30H36FN5O3/c31-21-13-29(7-2-10-36(29)16-21)18-38-27-12-26(35-9-3-11-37-19-35)23-17-39-30(14-25(23)34-27)8-1-4-20-5-6-24(33)22(15-32)28(20)30/h1,5-6,8,21,26H,2-4,7,9-14,16-19,33H2. The molecule has 1 spiro atoms. The zero-order valence-corrected chi connectivity index (χ0v) is 22.3. The maximum Gasteiger partial charge on any atom is 0.190 e. The second kappa shape index (κ2) is 9.70. The summed E-state index contributed by atoms with van der Waals surface area (Å²) in [6.45, 7) is 4.62. The van der Waals surface area contributed by atoms with Crippen LogP contribution in [0.1, 0.15) is 55.2 Å². The van der Waals surface area contributed by atoms with Gasteiger partial charge in [0.05, 0.1) is 30.1 Å². The van der Waals surface area contributed by atoms with Crippen molar-refractivity contribution in [1.82, 2.24) is 9.80 Å². The molecule has 0 amide bonds. The Morgan fingerprint density at radius 2 is 2.21 bits per heavy atom. The molecule has 4 atom stereocenters. The van der Waals surface area contributed by atoms with E-state index >= 15 is 0 Å². The van der Waals surface area contributed by atoms with Crippen molar-refractivity contribution < 1.29 is 18.6 Å². The Balaban J connectivity index is 1.23. The molecule has 3 fully saturated rings. The van der Waals surface area contributed by atoms with E-state index in [1.54, 1.807) is 0 Å². The number of benzene rings is 1. The zero-order chi connectivity index (χ0) is 26.6. The normalized spacial score (nSPS) is 34.4. The number of hydrogen-bond acceptors (Lipinski definition) is 8. The SMILES string of the molecule is N#Cc1c(N)ccc2c1C1(C=CC2)CC2=C(CO1)C(N1CCCOC1)CC(OCC13CCCN1CC(F)C3)=N2. The Hall–Kier alpha value is -2.77. The number of fused-ring (bicyclic) bond motifs is 3. The summed E-state index contributed by atoms with van der Waals surface area (Å²) in [5, 5.41) is 10.0. The van der Waals surface area contributed by atoms with E-state index in [1.165, 1.54) is 0 Å². The Labute approximate surface area is 228 Å². The Morgan fingerprint density at radius 1 is 1.28 bits per heavy atom. The molecule has 7 rings (SSSR count). The molecule has 3 saturated heterocycles. The largest absolute Gasteiger partial charge is 0.479 e. The quantitative estimate of drug-likeness (QED) is 0.469. The van der Waals surface area contributed by atoms with E-state index in [9.17, 15) is 9.65 Å². The summed E-state index contributed by atoms with van der Waals surface area (Å²) >= 11 is 0. The molecule has 39 heavy (non-hydrogen) atoms. The van der Waals surface area contributed by atoms with Crippen LogP contribution in [0, 0.1) is 11.3 Å². The molecule has 2 N–H and O–H groups in total. The Kier molecular flexibility index (Phi) is 6.27. The molecule has 1 aliphatic carbocycles. The minimum Gasteiger partial charge on any atom is -0.479 e. The Bertz CT molecular complexity index is 1300. The number of ether oxygens (including phenoxy) is 3. The first-order chi connectivity index (χ1) is 19.0. The van der Waals surface area contributed by atoms with Crippen LogP contribution in [0.25, 0.3) is 0 Å². The average molecular weight is 534 g/mol. The van der Waals surface area contributed by atoms with Crippen molar-refractivity contribution in [1.29, 1.82) is 5.26 Å². The summed E-state index contributed by atoms with van der Waals surface area (Å²) in [6.07, 6.45) is 8.87. The number of aliphatic imine (C=N–C) groups is 1. The second-order valence-electron chi connectivity index (χ2n) is 11.9. The van der Waals surface area contributed by atoms with Gasteiger partial charge in [0.2, 0.25) is 0 Å². The van der Waals surface area contributed by atoms with Crippen molar-refractivity contribution in [3.8, 4) is 6.07 Å². The van der Waals surface area contributed by atoms with Gasteiger partial charge in [-0.3, -0.25) is 9.80 Å². The van der Waals surface area contributed by atoms with Crippen molar-refractivity contribution in [3.63, 3.8) is 0 Å². The van der Waals surface area contributed by atoms with E-state index < -0.39 is 11.8 Å². The third kappa shape index (κ3) is 4.20. The van der Waals surface area contributed by atoms with Crippen molar-refractivity contribution in [2.24, 2.45) is 4.99 Å². The van der Waals surface area contributed by atoms with Crippen molar-refractivity contribution in [2.45, 2.75) is 68.3 Å². The van der Waals surface area contributed by atoms with Crippen LogP contribution in [0.2, 0.25) is 0 Å². The highest BCUT2D eigenvalue weighted by Crippen LogP contribution is 2.48. The van der Waals surface area contributed by atoms with Gasteiger partial charge in [-0.15, -0.1) is 0 Å². The van der Waals surface area contributed by atoms with Gasteiger partial charge in [0, 0.05) is 56.3 Å². The van der Waals surface area contributed by atoms with Crippen LogP contribution >= 0.6 is 0 Å². The molecule has 1 aromatic carbocycles. The number of nitrogens with two attached hydrogens (primary N) is 1. The lowest BCUT2D eigenvalue weighted by Gasteiger charge is -2.45. The van der Waals surface area contributed by atoms with Crippen LogP contribution in [0.5, 0.6) is 0 Å². The van der Waals surface area contributed by atoms with Crippen LogP contribution < -0.4 is 5.73 Å². The van der Waals surface area contributed by atoms with E-state index in [0.29, 0.717) is 62.9 Å². The maximum absolute atomic E-state index is 14.4. The minimum atomic E-state index is -0.796. The third-order valence-corrected chi connectivity index (χ3v) is 9.60. The number of anilines is 1. The monoisotopic (exact) mass is 533 g/mol. The molecule has 8 nitrogen and oxygen atoms in total. The molecule has 1 aromatic rings. The van der Waals surface area contributed by atoms with Gasteiger partial charge in [-0.05, 0) is 49.4 Å². The molecule has 6 aliphatic rings. The zero-order valence-electron chi connectivity index (χ0n) is 22.3. The predicted molar refractivity (Wildman–Crippen MR) is 145 cm³/mol. The van der Waals surface area contributed by atoms with E-state index in [4.69, 9.17) is 24.9 Å². The highest BCUT2D eigenvalue weighted by Gasteiger charge is 2.50. The average Bonchev–Trinajstić information content (AvgIpc) is 3.48. The number of nitrogens with zero attached hydrogens (tertiary/aromatic N) is 4. The van der Waals surface area contributed by atoms with E-state index in [0.717, 1.165) is 67.8 Å². The first kappa shape index (κ1) is 25.2. The van der Waals surface area contributed by atoms with Gasteiger partial charge in [0.1, 0.15) is 24.4 Å². The van der Waals surface area contributed by atoms with Crippen LogP contribution in [-0.2, 0) is 26.2 Å². The molecule has 0 saturated carbocycles. The summed E-state index contributed by atoms with van der Waals surface area (Å²) in [6, 6.07) is 6.22. The highest BCUT2D eigenvalue weighted by atomic mass is 19.1. The van der Waals surface area contributed by atoms with Crippen LogP contribution in [0.3, 0.4) is 0 Å². The van der Waals surface area contributed by atoms with Crippen LogP contribution in [0.4, 0.5) is 10.1 Å². The maximum atomic E-state index is 14.4. The number of alkyl halides is 1. The number of rotatable bonds is 3. The lowest BCUT2D eigenvalue weighted by atomic mass is 9.75. The van der Waals surface area contributed by atoms with Crippen molar-refractivity contribution in [3.05, 3.63) is 52.2 Å². The topological polar surface area (TPSA) is 96.3 Å². The molecular formula is C30H36FN5O3. The number of nitriles is 1. The van der Waals surface area contributed by atoms with E-state index in [2.05, 4.69) is 28.0 Å². The van der Waals surface area contributed by atoms with Gasteiger partial charge in [-0.1, -0.05) is 18.2 Å². The predicted octanol–water partition coefficient (Wildman–Crippen LogP) is 3.57. The first-order valence-corrected chi connectivity index (χ1v) is 14.3. The Morgan fingerprint density at radius 3 is 3.05 bits per heavy atom. The summed E-state index contributed by atoms with van der Waals surface area (Å²) in [5.74, 6) is 0.706. The highest BCUT2D eigenvalue weighted by molar-refractivity contribution is 5.80. The van der Waals surface area contributed by atoms with E-state index in [-0.39, 0.29) is 11.6 Å². The summed E-state index contributed by atoms with van der Waals surface area (Å²) in [4.78, 5) is 9.74. The third-order valence-electron chi connectivity index (χ3n) is 9.60. The summed E-state index contributed by atoms with van der Waals surface area (Å²) < 4.78 is 33.4. The number of allylic oxidation sites excluding steroid dienone is 1. The summed E-state index contributed by atoms with van der Waals surface area (Å²) in [5.41, 5.74) is 10.2. The van der Waals surface area contributed by atoms with Crippen LogP contribution in [0.15, 0.2) is 40.5 Å². The van der Waals surface area contributed by atoms with Gasteiger partial charge >= 0.3 is 0 Å². The second-order valence-corrected chi connectivity index (χ2v) is 11.9. The van der Waals surface area contributed by atoms with Gasteiger partial charge < -0.3 is 19.9 Å². The van der Waals surface area contributed by atoms with Gasteiger partial charge in [0.15, 0.2) is 5.90 Å². The molecule has 9 heteroatoms. The molecule has 4 unspecified atom stereocenters. The van der Waals surface area contributed by atoms with Gasteiger partial charge in [-0.25, -0.2) is 9.38 Å². The minimum absolute atomic E-state index is 0.0724. The number of hydrogen-bond donors (Lipinski definition) is 1.